The topological polar surface area (TPSA) is 55.8 Å². The Kier molecular flexibility index (Phi) is 5.22. The summed E-state index contributed by atoms with van der Waals surface area (Å²) in [5.41, 5.74) is 1.11. The molecule has 0 aliphatic carbocycles. The van der Waals surface area contributed by atoms with Crippen LogP contribution in [0.3, 0.4) is 0 Å². The zero-order valence-electron chi connectivity index (χ0n) is 12.1. The highest BCUT2D eigenvalue weighted by Crippen LogP contribution is 2.26. The zero-order chi connectivity index (χ0) is 15.4. The van der Waals surface area contributed by atoms with E-state index in [2.05, 4.69) is 15.9 Å². The molecule has 6 heteroatoms. The Morgan fingerprint density at radius 2 is 2.19 bits per heavy atom. The molecule has 0 N–H and O–H groups in total. The molecule has 0 aromatic heterocycles. The van der Waals surface area contributed by atoms with Gasteiger partial charge in [0.25, 0.3) is 0 Å². The summed E-state index contributed by atoms with van der Waals surface area (Å²) in [4.78, 5) is 25.1. The molecule has 1 aliphatic heterocycles. The van der Waals surface area contributed by atoms with Crippen molar-refractivity contribution >= 4 is 27.8 Å². The van der Waals surface area contributed by atoms with E-state index in [1.54, 1.807) is 12.0 Å². The number of methoxy groups -OCH3 is 2. The Labute approximate surface area is 132 Å². The van der Waals surface area contributed by atoms with Gasteiger partial charge in [0.2, 0.25) is 5.91 Å². The van der Waals surface area contributed by atoms with Gasteiger partial charge in [0, 0.05) is 19.5 Å². The Bertz CT molecular complexity index is 546. The lowest BCUT2D eigenvalue weighted by molar-refractivity contribution is -0.145. The largest absolute Gasteiger partial charge is 0.496 e. The average Bonchev–Trinajstić information content (AvgIpc) is 2.85. The van der Waals surface area contributed by atoms with Crippen molar-refractivity contribution in [1.82, 2.24) is 4.90 Å². The summed E-state index contributed by atoms with van der Waals surface area (Å²) in [5, 5.41) is 0. The van der Waals surface area contributed by atoms with Gasteiger partial charge in [0.05, 0.1) is 24.6 Å². The van der Waals surface area contributed by atoms with Gasteiger partial charge in [0.15, 0.2) is 0 Å². The predicted octanol–water partition coefficient (Wildman–Crippen LogP) is 2.02. The number of rotatable bonds is 5. The third-order valence-electron chi connectivity index (χ3n) is 3.64. The van der Waals surface area contributed by atoms with Gasteiger partial charge >= 0.3 is 5.97 Å². The van der Waals surface area contributed by atoms with E-state index in [0.717, 1.165) is 22.2 Å². The van der Waals surface area contributed by atoms with E-state index in [1.807, 2.05) is 18.2 Å². The summed E-state index contributed by atoms with van der Waals surface area (Å²) in [6, 6.07) is 5.85. The molecule has 1 unspecified atom stereocenters. The summed E-state index contributed by atoms with van der Waals surface area (Å²) in [6.45, 7) is 1.05. The van der Waals surface area contributed by atoms with E-state index in [4.69, 9.17) is 9.47 Å². The Morgan fingerprint density at radius 1 is 1.43 bits per heavy atom. The molecule has 0 spiro atoms. The number of carbonyl (C=O) groups is 2. The van der Waals surface area contributed by atoms with Crippen molar-refractivity contribution in [3.63, 3.8) is 0 Å². The van der Waals surface area contributed by atoms with Crippen LogP contribution in [0.25, 0.3) is 0 Å². The molecule has 1 saturated heterocycles. The van der Waals surface area contributed by atoms with Crippen LogP contribution in [0, 0.1) is 5.92 Å². The van der Waals surface area contributed by atoms with Crippen LogP contribution in [0.1, 0.15) is 12.0 Å². The number of halogens is 1. The summed E-state index contributed by atoms with van der Waals surface area (Å²) in [7, 11) is 2.97. The lowest BCUT2D eigenvalue weighted by Gasteiger charge is -2.16. The average molecular weight is 356 g/mol. The maximum absolute atomic E-state index is 11.9. The lowest BCUT2D eigenvalue weighted by atomic mass is 10.1. The molecule has 1 atom stereocenters. The molecule has 21 heavy (non-hydrogen) atoms. The third kappa shape index (κ3) is 3.75. The molecule has 1 aromatic carbocycles. The van der Waals surface area contributed by atoms with Crippen LogP contribution in [0.2, 0.25) is 0 Å². The minimum absolute atomic E-state index is 0.0120. The summed E-state index contributed by atoms with van der Waals surface area (Å²) in [6.07, 6.45) is 0.987. The number of likely N-dealkylation sites (tertiary alicyclic amines) is 1. The molecular weight excluding hydrogens is 338 g/mol. The summed E-state index contributed by atoms with van der Waals surface area (Å²) in [5.74, 6) is 0.155. The molecule has 1 heterocycles. The van der Waals surface area contributed by atoms with Crippen LogP contribution in [0.5, 0.6) is 5.75 Å². The van der Waals surface area contributed by atoms with Crippen molar-refractivity contribution in [1.29, 1.82) is 0 Å². The van der Waals surface area contributed by atoms with Gasteiger partial charge in [-0.15, -0.1) is 0 Å². The highest BCUT2D eigenvalue weighted by Gasteiger charge is 2.34. The van der Waals surface area contributed by atoms with Gasteiger partial charge in [-0.05, 0) is 40.0 Å². The number of carbonyl (C=O) groups excluding carboxylic acids is 2. The minimum atomic E-state index is -0.329. The monoisotopic (exact) mass is 355 g/mol. The van der Waals surface area contributed by atoms with E-state index >= 15 is 0 Å². The molecule has 1 fully saturated rings. The van der Waals surface area contributed by atoms with Crippen molar-refractivity contribution < 1.29 is 19.1 Å². The molecule has 2 rings (SSSR count). The number of amides is 1. The maximum atomic E-state index is 11.9. The smallest absolute Gasteiger partial charge is 0.310 e. The number of ether oxygens (including phenoxy) is 2. The highest BCUT2D eigenvalue weighted by molar-refractivity contribution is 9.10. The van der Waals surface area contributed by atoms with Gasteiger partial charge in [-0.2, -0.15) is 0 Å². The van der Waals surface area contributed by atoms with Crippen molar-refractivity contribution in [3.8, 4) is 5.75 Å². The first-order valence-electron chi connectivity index (χ1n) is 6.73. The Morgan fingerprint density at radius 3 is 2.81 bits per heavy atom. The van der Waals surface area contributed by atoms with Crippen molar-refractivity contribution in [3.05, 3.63) is 28.2 Å². The number of hydrogen-bond acceptors (Lipinski definition) is 4. The first kappa shape index (κ1) is 15.8. The lowest BCUT2D eigenvalue weighted by Crippen LogP contribution is -2.28. The molecule has 1 aromatic rings. The van der Waals surface area contributed by atoms with E-state index in [9.17, 15) is 9.59 Å². The molecule has 0 bridgehead atoms. The second-order valence-electron chi connectivity index (χ2n) is 4.98. The normalized spacial score (nSPS) is 18.0. The molecule has 1 amide bonds. The van der Waals surface area contributed by atoms with Crippen LogP contribution in [0.4, 0.5) is 0 Å². The SMILES string of the molecule is COC(=O)C1CC(=O)N(CCc2ccc(OC)c(Br)c2)C1. The number of hydrogen-bond donors (Lipinski definition) is 0. The van der Waals surface area contributed by atoms with Gasteiger partial charge in [0.1, 0.15) is 5.75 Å². The van der Waals surface area contributed by atoms with Gasteiger partial charge in [-0.25, -0.2) is 0 Å². The second-order valence-corrected chi connectivity index (χ2v) is 5.84. The molecule has 5 nitrogen and oxygen atoms in total. The van der Waals surface area contributed by atoms with E-state index in [0.29, 0.717) is 13.1 Å². The predicted molar refractivity (Wildman–Crippen MR) is 81.1 cm³/mol. The molecule has 1 aliphatic rings. The first-order valence-corrected chi connectivity index (χ1v) is 7.52. The number of nitrogens with zero attached hydrogens (tertiary/aromatic N) is 1. The Balaban J connectivity index is 1.93. The fourth-order valence-electron chi connectivity index (χ4n) is 2.44. The maximum Gasteiger partial charge on any atom is 0.310 e. The number of esters is 1. The van der Waals surface area contributed by atoms with Crippen molar-refractivity contribution in [2.45, 2.75) is 12.8 Å². The fourth-order valence-corrected chi connectivity index (χ4v) is 3.03. The van der Waals surface area contributed by atoms with E-state index in [1.165, 1.54) is 7.11 Å². The fraction of sp³-hybridized carbons (Fsp3) is 0.467. The standard InChI is InChI=1S/C15H18BrNO4/c1-20-13-4-3-10(7-12(13)16)5-6-17-9-11(8-14(17)18)15(19)21-2/h3-4,7,11H,5-6,8-9H2,1-2H3. The van der Waals surface area contributed by atoms with Crippen LogP contribution >= 0.6 is 15.9 Å². The molecule has 0 radical (unpaired) electrons. The van der Waals surface area contributed by atoms with Crippen LogP contribution in [-0.4, -0.2) is 44.1 Å². The summed E-state index contributed by atoms with van der Waals surface area (Å²) < 4.78 is 10.8. The van der Waals surface area contributed by atoms with Crippen LogP contribution < -0.4 is 4.74 Å². The van der Waals surface area contributed by atoms with E-state index in [-0.39, 0.29) is 24.2 Å². The molecular formula is C15H18BrNO4. The molecule has 0 saturated carbocycles. The van der Waals surface area contributed by atoms with Crippen LogP contribution in [0.15, 0.2) is 22.7 Å². The number of benzene rings is 1. The summed E-state index contributed by atoms with van der Waals surface area (Å²) >= 11 is 3.44. The zero-order valence-corrected chi connectivity index (χ0v) is 13.7. The Hall–Kier alpha value is -1.56. The highest BCUT2D eigenvalue weighted by atomic mass is 79.9. The quantitative estimate of drug-likeness (QED) is 0.758. The van der Waals surface area contributed by atoms with Crippen LogP contribution in [-0.2, 0) is 20.7 Å². The molecule has 114 valence electrons. The van der Waals surface area contributed by atoms with E-state index < -0.39 is 0 Å². The van der Waals surface area contributed by atoms with Gasteiger partial charge in [-0.1, -0.05) is 6.07 Å². The first-order chi connectivity index (χ1) is 10.0. The minimum Gasteiger partial charge on any atom is -0.496 e. The van der Waals surface area contributed by atoms with Gasteiger partial charge in [-0.3, -0.25) is 9.59 Å². The van der Waals surface area contributed by atoms with Crippen molar-refractivity contribution in [2.24, 2.45) is 5.92 Å². The van der Waals surface area contributed by atoms with Crippen molar-refractivity contribution in [2.75, 3.05) is 27.3 Å². The van der Waals surface area contributed by atoms with Gasteiger partial charge < -0.3 is 14.4 Å². The third-order valence-corrected chi connectivity index (χ3v) is 4.26. The second kappa shape index (κ2) is 6.93.